The van der Waals surface area contributed by atoms with Gasteiger partial charge >= 0.3 is 0 Å². The van der Waals surface area contributed by atoms with Gasteiger partial charge in [0, 0.05) is 32.1 Å². The van der Waals surface area contributed by atoms with Gasteiger partial charge in [0.25, 0.3) is 0 Å². The van der Waals surface area contributed by atoms with Gasteiger partial charge in [-0.3, -0.25) is 4.79 Å². The van der Waals surface area contributed by atoms with Gasteiger partial charge in [-0.2, -0.15) is 0 Å². The summed E-state index contributed by atoms with van der Waals surface area (Å²) < 4.78 is 0. The van der Waals surface area contributed by atoms with Gasteiger partial charge in [-0.15, -0.1) is 0 Å². The van der Waals surface area contributed by atoms with E-state index in [4.69, 9.17) is 0 Å². The summed E-state index contributed by atoms with van der Waals surface area (Å²) in [6, 6.07) is 10.5. The van der Waals surface area contributed by atoms with Gasteiger partial charge in [0.2, 0.25) is 5.91 Å². The maximum Gasteiger partial charge on any atom is 0.225 e. The smallest absolute Gasteiger partial charge is 0.225 e. The van der Waals surface area contributed by atoms with Crippen molar-refractivity contribution in [2.24, 2.45) is 5.92 Å². The molecular formula is C16H24N2O. The van der Waals surface area contributed by atoms with Crippen molar-refractivity contribution in [1.29, 1.82) is 0 Å². The molecule has 3 nitrogen and oxygen atoms in total. The van der Waals surface area contributed by atoms with Gasteiger partial charge in [0.05, 0.1) is 0 Å². The van der Waals surface area contributed by atoms with Crippen LogP contribution in [0.3, 0.4) is 0 Å². The molecule has 1 aliphatic heterocycles. The van der Waals surface area contributed by atoms with Crippen LogP contribution >= 0.6 is 0 Å². The summed E-state index contributed by atoms with van der Waals surface area (Å²) in [4.78, 5) is 14.2. The lowest BCUT2D eigenvalue weighted by Crippen LogP contribution is -2.48. The van der Waals surface area contributed by atoms with Crippen molar-refractivity contribution >= 4 is 5.91 Å². The minimum Gasteiger partial charge on any atom is -0.340 e. The Bertz CT molecular complexity index is 385. The molecule has 0 bridgehead atoms. The maximum atomic E-state index is 12.2. The Kier molecular flexibility index (Phi) is 5.40. The van der Waals surface area contributed by atoms with Gasteiger partial charge < -0.3 is 10.2 Å². The molecule has 0 radical (unpaired) electrons. The van der Waals surface area contributed by atoms with E-state index in [2.05, 4.69) is 36.5 Å². The second kappa shape index (κ2) is 7.29. The summed E-state index contributed by atoms with van der Waals surface area (Å²) in [5.41, 5.74) is 1.37. The van der Waals surface area contributed by atoms with Crippen LogP contribution in [-0.2, 0) is 11.2 Å². The third kappa shape index (κ3) is 4.35. The summed E-state index contributed by atoms with van der Waals surface area (Å²) >= 11 is 0. The van der Waals surface area contributed by atoms with Crippen LogP contribution in [0.25, 0.3) is 0 Å². The number of carbonyl (C=O) groups excluding carboxylic acids is 1. The van der Waals surface area contributed by atoms with E-state index in [-0.39, 0.29) is 5.92 Å². The molecule has 1 N–H and O–H groups in total. The average molecular weight is 260 g/mol. The first-order valence-corrected chi connectivity index (χ1v) is 7.31. The zero-order valence-corrected chi connectivity index (χ0v) is 11.8. The molecule has 0 spiro atoms. The van der Waals surface area contributed by atoms with Crippen LogP contribution in [0.1, 0.15) is 25.3 Å². The second-order valence-electron chi connectivity index (χ2n) is 5.35. The number of rotatable bonds is 5. The molecule has 1 heterocycles. The summed E-state index contributed by atoms with van der Waals surface area (Å²) in [5, 5.41) is 3.28. The number of amides is 1. The fraction of sp³-hybridized carbons (Fsp3) is 0.562. The van der Waals surface area contributed by atoms with Crippen LogP contribution in [0.4, 0.5) is 0 Å². The van der Waals surface area contributed by atoms with Crippen molar-refractivity contribution in [3.8, 4) is 0 Å². The summed E-state index contributed by atoms with van der Waals surface area (Å²) in [5.74, 6) is 0.483. The maximum absolute atomic E-state index is 12.2. The van der Waals surface area contributed by atoms with E-state index >= 15 is 0 Å². The highest BCUT2D eigenvalue weighted by Gasteiger charge is 2.21. The van der Waals surface area contributed by atoms with Crippen molar-refractivity contribution in [2.45, 2.75) is 26.2 Å². The van der Waals surface area contributed by atoms with Gasteiger partial charge in [0.15, 0.2) is 0 Å². The lowest BCUT2D eigenvalue weighted by atomic mass is 9.99. The van der Waals surface area contributed by atoms with Crippen molar-refractivity contribution < 1.29 is 4.79 Å². The number of hydrogen-bond donors (Lipinski definition) is 1. The summed E-state index contributed by atoms with van der Waals surface area (Å²) in [7, 11) is 0. The van der Waals surface area contributed by atoms with Crippen LogP contribution in [0.2, 0.25) is 0 Å². The van der Waals surface area contributed by atoms with Crippen molar-refractivity contribution in [3.05, 3.63) is 35.9 Å². The van der Waals surface area contributed by atoms with E-state index < -0.39 is 0 Å². The van der Waals surface area contributed by atoms with Gasteiger partial charge in [0.1, 0.15) is 0 Å². The minimum absolute atomic E-state index is 0.154. The highest BCUT2D eigenvalue weighted by molar-refractivity contribution is 5.78. The number of nitrogens with one attached hydrogen (secondary N) is 1. The van der Waals surface area contributed by atoms with Crippen LogP contribution < -0.4 is 5.32 Å². The molecule has 19 heavy (non-hydrogen) atoms. The zero-order valence-electron chi connectivity index (χ0n) is 11.8. The molecule has 1 amide bonds. The summed E-state index contributed by atoms with van der Waals surface area (Å²) in [6.45, 7) is 5.66. The molecular weight excluding hydrogens is 236 g/mol. The van der Waals surface area contributed by atoms with Crippen LogP contribution in [0, 0.1) is 5.92 Å². The Labute approximate surface area is 116 Å². The first-order valence-electron chi connectivity index (χ1n) is 7.31. The molecule has 1 aromatic rings. The molecule has 1 saturated heterocycles. The van der Waals surface area contributed by atoms with Crippen LogP contribution in [-0.4, -0.2) is 37.0 Å². The molecule has 1 aromatic carbocycles. The topological polar surface area (TPSA) is 32.3 Å². The van der Waals surface area contributed by atoms with Crippen molar-refractivity contribution in [3.63, 3.8) is 0 Å². The van der Waals surface area contributed by atoms with Crippen LogP contribution in [0.15, 0.2) is 30.3 Å². The Morgan fingerprint density at radius 1 is 1.26 bits per heavy atom. The Hall–Kier alpha value is -1.35. The first kappa shape index (κ1) is 14.1. The normalized spacial score (nSPS) is 17.2. The second-order valence-corrected chi connectivity index (χ2v) is 5.35. The molecule has 1 atom stereocenters. The predicted octanol–water partition coefficient (Wildman–Crippen LogP) is 2.08. The number of benzene rings is 1. The first-order chi connectivity index (χ1) is 9.27. The molecule has 0 aliphatic carbocycles. The average Bonchev–Trinajstić information content (AvgIpc) is 2.48. The van der Waals surface area contributed by atoms with Gasteiger partial charge in [-0.1, -0.05) is 37.3 Å². The molecule has 1 fully saturated rings. The number of nitrogens with zero attached hydrogens (tertiary/aromatic N) is 1. The molecule has 1 unspecified atom stereocenters. The molecule has 2 rings (SSSR count). The Morgan fingerprint density at radius 2 is 1.95 bits per heavy atom. The third-order valence-electron chi connectivity index (χ3n) is 3.80. The van der Waals surface area contributed by atoms with E-state index in [9.17, 15) is 4.79 Å². The van der Waals surface area contributed by atoms with E-state index in [1.807, 2.05) is 11.0 Å². The number of aryl methyl sites for hydroxylation is 1. The molecule has 0 aromatic heterocycles. The standard InChI is InChI=1S/C16H24N2O/c1-14(16(19)18-12-10-17-11-13-18)6-5-9-15-7-3-2-4-8-15/h2-4,7-8,14,17H,5-6,9-13H2,1H3. The Morgan fingerprint density at radius 3 is 2.63 bits per heavy atom. The Balaban J connectivity index is 1.71. The van der Waals surface area contributed by atoms with Crippen molar-refractivity contribution in [1.82, 2.24) is 10.2 Å². The zero-order chi connectivity index (χ0) is 13.5. The van der Waals surface area contributed by atoms with E-state index in [1.54, 1.807) is 0 Å². The SMILES string of the molecule is CC(CCCc1ccccc1)C(=O)N1CCNCC1. The quantitative estimate of drug-likeness (QED) is 0.879. The highest BCUT2D eigenvalue weighted by Crippen LogP contribution is 2.13. The highest BCUT2D eigenvalue weighted by atomic mass is 16.2. The predicted molar refractivity (Wildman–Crippen MR) is 78.0 cm³/mol. The lowest BCUT2D eigenvalue weighted by Gasteiger charge is -2.29. The minimum atomic E-state index is 0.154. The van der Waals surface area contributed by atoms with Crippen molar-refractivity contribution in [2.75, 3.05) is 26.2 Å². The van der Waals surface area contributed by atoms with Crippen LogP contribution in [0.5, 0.6) is 0 Å². The molecule has 3 heteroatoms. The van der Waals surface area contributed by atoms with E-state index in [0.29, 0.717) is 5.91 Å². The van der Waals surface area contributed by atoms with Gasteiger partial charge in [-0.05, 0) is 24.8 Å². The number of hydrogen-bond acceptors (Lipinski definition) is 2. The number of piperazine rings is 1. The lowest BCUT2D eigenvalue weighted by molar-refractivity contribution is -0.135. The van der Waals surface area contributed by atoms with E-state index in [0.717, 1.165) is 45.4 Å². The fourth-order valence-electron chi connectivity index (χ4n) is 2.58. The third-order valence-corrected chi connectivity index (χ3v) is 3.80. The molecule has 0 saturated carbocycles. The largest absolute Gasteiger partial charge is 0.340 e. The summed E-state index contributed by atoms with van der Waals surface area (Å²) in [6.07, 6.45) is 3.14. The van der Waals surface area contributed by atoms with Gasteiger partial charge in [-0.25, -0.2) is 0 Å². The fourth-order valence-corrected chi connectivity index (χ4v) is 2.58. The molecule has 104 valence electrons. The monoisotopic (exact) mass is 260 g/mol. The molecule has 1 aliphatic rings. The van der Waals surface area contributed by atoms with E-state index in [1.165, 1.54) is 5.56 Å². The number of carbonyl (C=O) groups is 1.